The number of esters is 1. The molecule has 0 saturated carbocycles. The van der Waals surface area contributed by atoms with Crippen molar-refractivity contribution in [1.82, 2.24) is 0 Å². The maximum absolute atomic E-state index is 11.7. The van der Waals surface area contributed by atoms with Gasteiger partial charge >= 0.3 is 12.1 Å². The van der Waals surface area contributed by atoms with Crippen LogP contribution in [0.5, 0.6) is 0 Å². The van der Waals surface area contributed by atoms with E-state index in [2.05, 4.69) is 0 Å². The summed E-state index contributed by atoms with van der Waals surface area (Å²) in [5, 5.41) is 0. The van der Waals surface area contributed by atoms with E-state index in [9.17, 15) is 9.59 Å². The topological polar surface area (TPSA) is 61.8 Å². The first kappa shape index (κ1) is 16.7. The third-order valence-electron chi connectivity index (χ3n) is 1.91. The molecule has 0 aromatic heterocycles. The fourth-order valence-corrected chi connectivity index (χ4v) is 0.930. The van der Waals surface area contributed by atoms with Crippen LogP contribution in [0.25, 0.3) is 0 Å². The molecule has 18 heavy (non-hydrogen) atoms. The highest BCUT2D eigenvalue weighted by atomic mass is 16.7. The van der Waals surface area contributed by atoms with Gasteiger partial charge in [0.2, 0.25) is 5.60 Å². The third-order valence-corrected chi connectivity index (χ3v) is 1.91. The van der Waals surface area contributed by atoms with Gasteiger partial charge in [-0.05, 0) is 25.7 Å². The summed E-state index contributed by atoms with van der Waals surface area (Å²) >= 11 is 0. The molecule has 0 fully saturated rings. The molecule has 0 aliphatic rings. The van der Waals surface area contributed by atoms with E-state index in [1.165, 1.54) is 13.8 Å². The van der Waals surface area contributed by atoms with E-state index < -0.39 is 17.7 Å². The Hall–Kier alpha value is -1.26. The number of carbonyl (C=O) groups is 2. The second-order valence-electron chi connectivity index (χ2n) is 5.56. The van der Waals surface area contributed by atoms with E-state index in [0.717, 1.165) is 0 Å². The van der Waals surface area contributed by atoms with Crippen molar-refractivity contribution >= 4 is 12.1 Å². The first-order valence-electron chi connectivity index (χ1n) is 6.18. The fourth-order valence-electron chi connectivity index (χ4n) is 0.930. The van der Waals surface area contributed by atoms with Gasteiger partial charge in [-0.1, -0.05) is 27.7 Å². The first-order chi connectivity index (χ1) is 8.15. The standard InChI is InChI=1S/C13H24O5/c1-9(2)7-16-11(14)13(5,6)18-12(15)17-8-10(3)4/h9-10H,7-8H2,1-6H3. The summed E-state index contributed by atoms with van der Waals surface area (Å²) in [6.07, 6.45) is -0.852. The zero-order valence-electron chi connectivity index (χ0n) is 12.1. The second kappa shape index (κ2) is 7.24. The molecule has 0 N–H and O–H groups in total. The predicted octanol–water partition coefficient (Wildman–Crippen LogP) is 2.77. The smallest absolute Gasteiger partial charge is 0.462 e. The highest BCUT2D eigenvalue weighted by molar-refractivity contribution is 5.81. The summed E-state index contributed by atoms with van der Waals surface area (Å²) in [6, 6.07) is 0. The van der Waals surface area contributed by atoms with Gasteiger partial charge in [-0.25, -0.2) is 9.59 Å². The summed E-state index contributed by atoms with van der Waals surface area (Å²) in [5.74, 6) is -0.121. The van der Waals surface area contributed by atoms with Crippen molar-refractivity contribution < 1.29 is 23.8 Å². The molecule has 5 heteroatoms. The van der Waals surface area contributed by atoms with Gasteiger partial charge in [-0.15, -0.1) is 0 Å². The lowest BCUT2D eigenvalue weighted by Crippen LogP contribution is -2.39. The van der Waals surface area contributed by atoms with Crippen molar-refractivity contribution in [3.8, 4) is 0 Å². The van der Waals surface area contributed by atoms with Gasteiger partial charge in [0.05, 0.1) is 13.2 Å². The Morgan fingerprint density at radius 1 is 0.944 bits per heavy atom. The third kappa shape index (κ3) is 7.14. The Morgan fingerprint density at radius 2 is 1.39 bits per heavy atom. The van der Waals surface area contributed by atoms with Crippen LogP contribution < -0.4 is 0 Å². The largest absolute Gasteiger partial charge is 0.509 e. The van der Waals surface area contributed by atoms with E-state index in [1.807, 2.05) is 27.7 Å². The van der Waals surface area contributed by atoms with Crippen molar-refractivity contribution in [3.05, 3.63) is 0 Å². The Balaban J connectivity index is 4.19. The number of carbonyl (C=O) groups excluding carboxylic acids is 2. The molecule has 0 bridgehead atoms. The summed E-state index contributed by atoms with van der Waals surface area (Å²) < 4.78 is 14.8. The van der Waals surface area contributed by atoms with E-state index >= 15 is 0 Å². The van der Waals surface area contributed by atoms with Crippen LogP contribution in [-0.2, 0) is 19.0 Å². The molecule has 0 aromatic rings. The average Bonchev–Trinajstić information content (AvgIpc) is 2.22. The minimum absolute atomic E-state index is 0.216. The van der Waals surface area contributed by atoms with E-state index in [-0.39, 0.29) is 18.4 Å². The summed E-state index contributed by atoms with van der Waals surface area (Å²) in [5.41, 5.74) is -1.33. The van der Waals surface area contributed by atoms with Crippen molar-refractivity contribution in [2.24, 2.45) is 11.8 Å². The highest BCUT2D eigenvalue weighted by Crippen LogP contribution is 2.14. The lowest BCUT2D eigenvalue weighted by molar-refractivity contribution is -0.165. The van der Waals surface area contributed by atoms with Crippen LogP contribution in [0.4, 0.5) is 4.79 Å². The summed E-state index contributed by atoms with van der Waals surface area (Å²) in [6.45, 7) is 11.2. The summed E-state index contributed by atoms with van der Waals surface area (Å²) in [4.78, 5) is 23.0. The van der Waals surface area contributed by atoms with Gasteiger partial charge in [0, 0.05) is 0 Å². The normalized spacial score (nSPS) is 11.6. The van der Waals surface area contributed by atoms with E-state index in [4.69, 9.17) is 14.2 Å². The number of hydrogen-bond acceptors (Lipinski definition) is 5. The molecular formula is C13H24O5. The average molecular weight is 260 g/mol. The van der Waals surface area contributed by atoms with Crippen LogP contribution in [0.2, 0.25) is 0 Å². The molecule has 0 saturated heterocycles. The van der Waals surface area contributed by atoms with Crippen LogP contribution in [0.3, 0.4) is 0 Å². The molecule has 0 aromatic carbocycles. The molecule has 0 unspecified atom stereocenters. The number of hydrogen-bond donors (Lipinski definition) is 0. The molecule has 0 rings (SSSR count). The Kier molecular flexibility index (Phi) is 6.73. The van der Waals surface area contributed by atoms with Crippen LogP contribution in [0.15, 0.2) is 0 Å². The molecule has 0 aliphatic carbocycles. The van der Waals surface area contributed by atoms with Gasteiger partial charge in [0.1, 0.15) is 0 Å². The van der Waals surface area contributed by atoms with Gasteiger partial charge in [-0.3, -0.25) is 0 Å². The van der Waals surface area contributed by atoms with Gasteiger partial charge in [0.25, 0.3) is 0 Å². The molecule has 0 amide bonds. The zero-order valence-corrected chi connectivity index (χ0v) is 12.1. The molecule has 0 aliphatic heterocycles. The number of ether oxygens (including phenoxy) is 3. The molecule has 5 nitrogen and oxygen atoms in total. The van der Waals surface area contributed by atoms with Crippen molar-refractivity contribution in [2.75, 3.05) is 13.2 Å². The Labute approximate surface area is 109 Å². The highest BCUT2D eigenvalue weighted by Gasteiger charge is 2.34. The Bertz CT molecular complexity index is 281. The quantitative estimate of drug-likeness (QED) is 0.687. The second-order valence-corrected chi connectivity index (χ2v) is 5.56. The zero-order chi connectivity index (χ0) is 14.3. The molecule has 0 radical (unpaired) electrons. The van der Waals surface area contributed by atoms with E-state index in [0.29, 0.717) is 6.61 Å². The molecule has 0 atom stereocenters. The lowest BCUT2D eigenvalue weighted by atomic mass is 10.1. The lowest BCUT2D eigenvalue weighted by Gasteiger charge is -2.23. The number of rotatable bonds is 6. The minimum atomic E-state index is -1.33. The minimum Gasteiger partial charge on any atom is -0.462 e. The van der Waals surface area contributed by atoms with Crippen molar-refractivity contribution in [2.45, 2.75) is 47.1 Å². The van der Waals surface area contributed by atoms with Gasteiger partial charge in [0.15, 0.2) is 0 Å². The Morgan fingerprint density at radius 3 is 1.83 bits per heavy atom. The van der Waals surface area contributed by atoms with E-state index in [1.54, 1.807) is 0 Å². The van der Waals surface area contributed by atoms with Crippen LogP contribution in [0, 0.1) is 11.8 Å². The van der Waals surface area contributed by atoms with Crippen molar-refractivity contribution in [3.63, 3.8) is 0 Å². The molecular weight excluding hydrogens is 236 g/mol. The maximum atomic E-state index is 11.7. The SMILES string of the molecule is CC(C)COC(=O)OC(C)(C)C(=O)OCC(C)C. The van der Waals surface area contributed by atoms with Gasteiger partial charge < -0.3 is 14.2 Å². The summed E-state index contributed by atoms with van der Waals surface area (Å²) in [7, 11) is 0. The van der Waals surface area contributed by atoms with Crippen molar-refractivity contribution in [1.29, 1.82) is 0 Å². The van der Waals surface area contributed by atoms with Crippen LogP contribution in [-0.4, -0.2) is 30.9 Å². The van der Waals surface area contributed by atoms with Crippen LogP contribution >= 0.6 is 0 Å². The maximum Gasteiger partial charge on any atom is 0.509 e. The van der Waals surface area contributed by atoms with Gasteiger partial charge in [-0.2, -0.15) is 0 Å². The fraction of sp³-hybridized carbons (Fsp3) is 0.846. The molecule has 106 valence electrons. The molecule has 0 heterocycles. The van der Waals surface area contributed by atoms with Crippen LogP contribution in [0.1, 0.15) is 41.5 Å². The molecule has 0 spiro atoms. The predicted molar refractivity (Wildman–Crippen MR) is 67.1 cm³/mol. The monoisotopic (exact) mass is 260 g/mol. The first-order valence-corrected chi connectivity index (χ1v) is 6.18.